The van der Waals surface area contributed by atoms with Gasteiger partial charge >= 0.3 is 0 Å². The van der Waals surface area contributed by atoms with Crippen molar-refractivity contribution in [3.05, 3.63) is 59.2 Å². The fraction of sp³-hybridized carbons (Fsp3) is 0.250. The predicted molar refractivity (Wildman–Crippen MR) is 77.3 cm³/mol. The summed E-state index contributed by atoms with van der Waals surface area (Å²) >= 11 is 0. The van der Waals surface area contributed by atoms with Gasteiger partial charge in [0.15, 0.2) is 0 Å². The van der Waals surface area contributed by atoms with Gasteiger partial charge in [-0.15, -0.1) is 0 Å². The normalized spacial score (nSPS) is 12.0. The van der Waals surface area contributed by atoms with Crippen molar-refractivity contribution in [1.82, 2.24) is 0 Å². The standard InChI is InChI=1S/C16H17F2NO2/c1-10(19-12-5-3-4-11(6-12)9-20)16-14(17)7-13(21-2)8-15(16)18/h3-8,10,19-20H,9H2,1-2H3/t10-/m1/s1. The number of aliphatic hydroxyl groups excluding tert-OH is 1. The van der Waals surface area contributed by atoms with E-state index in [1.165, 1.54) is 7.11 Å². The zero-order valence-corrected chi connectivity index (χ0v) is 11.9. The number of halogens is 2. The highest BCUT2D eigenvalue weighted by Crippen LogP contribution is 2.28. The number of hydrogen-bond donors (Lipinski definition) is 2. The molecule has 2 aromatic rings. The Morgan fingerprint density at radius 3 is 2.43 bits per heavy atom. The van der Waals surface area contributed by atoms with Gasteiger partial charge in [0.05, 0.1) is 19.8 Å². The van der Waals surface area contributed by atoms with Crippen LogP contribution in [0.25, 0.3) is 0 Å². The SMILES string of the molecule is COc1cc(F)c([C@@H](C)Nc2cccc(CO)c2)c(F)c1. The summed E-state index contributed by atoms with van der Waals surface area (Å²) in [5.74, 6) is -1.18. The monoisotopic (exact) mass is 293 g/mol. The van der Waals surface area contributed by atoms with Crippen molar-refractivity contribution < 1.29 is 18.6 Å². The molecule has 0 unspecified atom stereocenters. The highest BCUT2D eigenvalue weighted by molar-refractivity contribution is 5.48. The van der Waals surface area contributed by atoms with E-state index in [0.717, 1.165) is 17.7 Å². The topological polar surface area (TPSA) is 41.5 Å². The lowest BCUT2D eigenvalue weighted by Gasteiger charge is -2.18. The van der Waals surface area contributed by atoms with Gasteiger partial charge in [0.25, 0.3) is 0 Å². The third kappa shape index (κ3) is 3.49. The van der Waals surface area contributed by atoms with Gasteiger partial charge < -0.3 is 15.2 Å². The number of hydrogen-bond acceptors (Lipinski definition) is 3. The second kappa shape index (κ2) is 6.54. The van der Waals surface area contributed by atoms with Gasteiger partial charge in [-0.05, 0) is 24.6 Å². The van der Waals surface area contributed by atoms with Crippen molar-refractivity contribution in [2.24, 2.45) is 0 Å². The summed E-state index contributed by atoms with van der Waals surface area (Å²) in [6, 6.07) is 8.78. The maximum absolute atomic E-state index is 14.0. The number of benzene rings is 2. The zero-order valence-electron chi connectivity index (χ0n) is 11.9. The molecule has 0 aliphatic carbocycles. The molecule has 2 rings (SSSR count). The van der Waals surface area contributed by atoms with Crippen molar-refractivity contribution in [3.63, 3.8) is 0 Å². The molecule has 0 spiro atoms. The highest BCUT2D eigenvalue weighted by atomic mass is 19.1. The summed E-state index contributed by atoms with van der Waals surface area (Å²) in [6.45, 7) is 1.58. The van der Waals surface area contributed by atoms with Crippen molar-refractivity contribution >= 4 is 5.69 Å². The van der Waals surface area contributed by atoms with E-state index in [-0.39, 0.29) is 17.9 Å². The lowest BCUT2D eigenvalue weighted by atomic mass is 10.1. The molecule has 2 N–H and O–H groups in total. The van der Waals surface area contributed by atoms with Gasteiger partial charge in [-0.3, -0.25) is 0 Å². The molecule has 0 saturated carbocycles. The number of nitrogens with one attached hydrogen (secondary N) is 1. The number of methoxy groups -OCH3 is 1. The van der Waals surface area contributed by atoms with Crippen LogP contribution in [0, 0.1) is 11.6 Å². The largest absolute Gasteiger partial charge is 0.497 e. The average Bonchev–Trinajstić information content (AvgIpc) is 2.46. The van der Waals surface area contributed by atoms with E-state index >= 15 is 0 Å². The fourth-order valence-corrected chi connectivity index (χ4v) is 2.17. The van der Waals surface area contributed by atoms with Crippen LogP contribution in [-0.2, 0) is 6.61 Å². The molecule has 3 nitrogen and oxygen atoms in total. The Hall–Kier alpha value is -2.14. The Kier molecular flexibility index (Phi) is 4.75. The summed E-state index contributed by atoms with van der Waals surface area (Å²) in [5.41, 5.74) is 1.36. The van der Waals surface area contributed by atoms with Gasteiger partial charge in [-0.2, -0.15) is 0 Å². The highest BCUT2D eigenvalue weighted by Gasteiger charge is 2.18. The summed E-state index contributed by atoms with van der Waals surface area (Å²) in [4.78, 5) is 0. The van der Waals surface area contributed by atoms with E-state index in [1.54, 1.807) is 31.2 Å². The third-order valence-corrected chi connectivity index (χ3v) is 3.21. The van der Waals surface area contributed by atoms with Gasteiger partial charge in [0, 0.05) is 23.4 Å². The second-order valence-corrected chi connectivity index (χ2v) is 4.73. The van der Waals surface area contributed by atoms with Gasteiger partial charge in [-0.1, -0.05) is 12.1 Å². The van der Waals surface area contributed by atoms with E-state index in [2.05, 4.69) is 5.32 Å². The summed E-state index contributed by atoms with van der Waals surface area (Å²) < 4.78 is 32.8. The summed E-state index contributed by atoms with van der Waals surface area (Å²) in [5, 5.41) is 12.1. The van der Waals surface area contributed by atoms with Crippen molar-refractivity contribution in [1.29, 1.82) is 0 Å². The molecule has 0 amide bonds. The van der Waals surface area contributed by atoms with E-state index in [4.69, 9.17) is 9.84 Å². The maximum atomic E-state index is 14.0. The first-order chi connectivity index (χ1) is 10.0. The first-order valence-corrected chi connectivity index (χ1v) is 6.54. The predicted octanol–water partition coefficient (Wildman–Crippen LogP) is 3.64. The van der Waals surface area contributed by atoms with E-state index < -0.39 is 17.7 Å². The van der Waals surface area contributed by atoms with Crippen molar-refractivity contribution in [2.75, 3.05) is 12.4 Å². The lowest BCUT2D eigenvalue weighted by molar-refractivity contribution is 0.282. The molecule has 2 aromatic carbocycles. The molecule has 0 aliphatic rings. The van der Waals surface area contributed by atoms with Crippen LogP contribution in [0.15, 0.2) is 36.4 Å². The maximum Gasteiger partial charge on any atom is 0.135 e. The van der Waals surface area contributed by atoms with Crippen LogP contribution >= 0.6 is 0 Å². The number of anilines is 1. The second-order valence-electron chi connectivity index (χ2n) is 4.73. The van der Waals surface area contributed by atoms with Crippen molar-refractivity contribution in [2.45, 2.75) is 19.6 Å². The molecular weight excluding hydrogens is 276 g/mol. The smallest absolute Gasteiger partial charge is 0.135 e. The van der Waals surface area contributed by atoms with E-state index in [1.807, 2.05) is 0 Å². The molecular formula is C16H17F2NO2. The minimum absolute atomic E-state index is 0.0507. The first-order valence-electron chi connectivity index (χ1n) is 6.54. The Morgan fingerprint density at radius 1 is 1.19 bits per heavy atom. The van der Waals surface area contributed by atoms with Gasteiger partial charge in [-0.25, -0.2) is 8.78 Å². The van der Waals surface area contributed by atoms with Crippen LogP contribution in [0.2, 0.25) is 0 Å². The molecule has 5 heteroatoms. The van der Waals surface area contributed by atoms with E-state index in [0.29, 0.717) is 5.69 Å². The molecule has 0 heterocycles. The summed E-state index contributed by atoms with van der Waals surface area (Å²) in [6.07, 6.45) is 0. The molecule has 0 bridgehead atoms. The third-order valence-electron chi connectivity index (χ3n) is 3.21. The summed E-state index contributed by atoms with van der Waals surface area (Å²) in [7, 11) is 1.36. The van der Waals surface area contributed by atoms with Crippen LogP contribution in [0.1, 0.15) is 24.1 Å². The Bertz CT molecular complexity index is 608. The van der Waals surface area contributed by atoms with Crippen LogP contribution in [-0.4, -0.2) is 12.2 Å². The number of aliphatic hydroxyl groups is 1. The lowest BCUT2D eigenvalue weighted by Crippen LogP contribution is -2.11. The van der Waals surface area contributed by atoms with Crippen LogP contribution < -0.4 is 10.1 Å². The number of ether oxygens (including phenoxy) is 1. The number of rotatable bonds is 5. The molecule has 0 aliphatic heterocycles. The average molecular weight is 293 g/mol. The molecule has 1 atom stereocenters. The van der Waals surface area contributed by atoms with Crippen LogP contribution in [0.3, 0.4) is 0 Å². The molecule has 0 aromatic heterocycles. The minimum Gasteiger partial charge on any atom is -0.497 e. The Labute approximate surface area is 122 Å². The first kappa shape index (κ1) is 15.3. The fourth-order valence-electron chi connectivity index (χ4n) is 2.17. The molecule has 0 radical (unpaired) electrons. The Morgan fingerprint density at radius 2 is 1.86 bits per heavy atom. The van der Waals surface area contributed by atoms with Crippen LogP contribution in [0.5, 0.6) is 5.75 Å². The molecule has 112 valence electrons. The molecule has 0 saturated heterocycles. The van der Waals surface area contributed by atoms with Gasteiger partial charge in [0.2, 0.25) is 0 Å². The molecule has 21 heavy (non-hydrogen) atoms. The zero-order chi connectivity index (χ0) is 15.4. The van der Waals surface area contributed by atoms with Gasteiger partial charge in [0.1, 0.15) is 17.4 Å². The van der Waals surface area contributed by atoms with E-state index in [9.17, 15) is 8.78 Å². The minimum atomic E-state index is -0.662. The Balaban J connectivity index is 2.25. The van der Waals surface area contributed by atoms with Crippen molar-refractivity contribution in [3.8, 4) is 5.75 Å². The van der Waals surface area contributed by atoms with Crippen LogP contribution in [0.4, 0.5) is 14.5 Å². The quantitative estimate of drug-likeness (QED) is 0.884. The molecule has 0 fully saturated rings.